The third kappa shape index (κ3) is 7.75. The number of amides is 1. The minimum absolute atomic E-state index is 0.453. The molecule has 0 radical (unpaired) electrons. The molecule has 3 aromatic rings. The molecule has 7 heteroatoms. The molecule has 0 fully saturated rings. The predicted octanol–water partition coefficient (Wildman–Crippen LogP) is 6.16. The molecule has 0 saturated carbocycles. The number of hydrogen-bond acceptors (Lipinski definition) is 6. The van der Waals surface area contributed by atoms with Crippen LogP contribution in [-0.2, 0) is 11.3 Å². The van der Waals surface area contributed by atoms with Crippen LogP contribution in [0.2, 0.25) is 0 Å². The smallest absolute Gasteiger partial charge is 0.405 e. The van der Waals surface area contributed by atoms with Gasteiger partial charge in [-0.3, -0.25) is 0 Å². The second-order valence-corrected chi connectivity index (χ2v) is 8.82. The Morgan fingerprint density at radius 3 is 2.55 bits per heavy atom. The molecule has 0 atom stereocenters. The predicted molar refractivity (Wildman–Crippen MR) is 136 cm³/mol. The molecule has 3 aromatic heterocycles. The average molecular weight is 464 g/mol. The van der Waals surface area contributed by atoms with Crippen LogP contribution in [0.5, 0.6) is 0 Å². The number of carbonyl (C=O) groups is 1. The number of primary amides is 1. The number of nitrogens with two attached hydrogens (primary N) is 1. The Hall–Kier alpha value is -3.68. The van der Waals surface area contributed by atoms with Crippen LogP contribution in [-0.4, -0.2) is 16.7 Å². The van der Waals surface area contributed by atoms with Gasteiger partial charge in [0.15, 0.2) is 5.58 Å². The monoisotopic (exact) mass is 463 g/mol. The Balaban J connectivity index is 0.000000414. The first-order valence-corrected chi connectivity index (χ1v) is 11.3. The van der Waals surface area contributed by atoms with Crippen molar-refractivity contribution >= 4 is 40.3 Å². The number of pyridine rings is 1. The molecule has 0 saturated heterocycles. The standard InChI is InChI=1S/C21H18N2OS.C5H11NO2/c1-4-8-15-13-18(22-14-16-11-7-12-25-16)21-20(23-15)17(9-5-2)19(24-21)10-6-3;1-5(2,3)8-4(6)7/h6-7,10-13H,14H2,1-3H3,(H,22,23);1-3H3,(H2,6,7)/b10-6-;. The van der Waals surface area contributed by atoms with Gasteiger partial charge in [-0.1, -0.05) is 24.0 Å². The van der Waals surface area contributed by atoms with Crippen LogP contribution in [0.3, 0.4) is 0 Å². The van der Waals surface area contributed by atoms with Crippen LogP contribution in [0.4, 0.5) is 10.5 Å². The van der Waals surface area contributed by atoms with Crippen molar-refractivity contribution in [1.29, 1.82) is 0 Å². The van der Waals surface area contributed by atoms with Gasteiger partial charge in [0.05, 0.1) is 11.3 Å². The van der Waals surface area contributed by atoms with Crippen molar-refractivity contribution in [3.63, 3.8) is 0 Å². The van der Waals surface area contributed by atoms with Gasteiger partial charge in [-0.15, -0.1) is 17.3 Å². The molecular weight excluding hydrogens is 434 g/mol. The molecule has 3 N–H and O–H groups in total. The minimum atomic E-state index is -0.725. The summed E-state index contributed by atoms with van der Waals surface area (Å²) in [6.45, 7) is 11.6. The number of nitrogens with one attached hydrogen (secondary N) is 1. The van der Waals surface area contributed by atoms with Gasteiger partial charge in [-0.2, -0.15) is 0 Å². The van der Waals surface area contributed by atoms with Gasteiger partial charge in [0.25, 0.3) is 0 Å². The Kier molecular flexibility index (Phi) is 9.15. The number of fused-ring (bicyclic) bond motifs is 1. The van der Waals surface area contributed by atoms with Crippen LogP contribution < -0.4 is 11.1 Å². The summed E-state index contributed by atoms with van der Waals surface area (Å²) in [6.07, 6.45) is 3.12. The number of anilines is 1. The Labute approximate surface area is 199 Å². The molecule has 0 spiro atoms. The highest BCUT2D eigenvalue weighted by molar-refractivity contribution is 7.09. The molecule has 1 amide bonds. The average Bonchev–Trinajstić information content (AvgIpc) is 3.35. The van der Waals surface area contributed by atoms with Crippen LogP contribution in [0.15, 0.2) is 34.1 Å². The minimum Gasteiger partial charge on any atom is -0.451 e. The molecule has 0 aromatic carbocycles. The molecule has 3 heterocycles. The highest BCUT2D eigenvalue weighted by Crippen LogP contribution is 2.32. The van der Waals surface area contributed by atoms with Crippen LogP contribution >= 0.6 is 11.3 Å². The second-order valence-electron chi connectivity index (χ2n) is 7.79. The topological polar surface area (TPSA) is 90.4 Å². The number of aromatic nitrogens is 1. The fourth-order valence-corrected chi connectivity index (χ4v) is 3.46. The number of thiophene rings is 1. The summed E-state index contributed by atoms with van der Waals surface area (Å²) in [4.78, 5) is 15.9. The molecule has 33 heavy (non-hydrogen) atoms. The third-order valence-electron chi connectivity index (χ3n) is 3.93. The van der Waals surface area contributed by atoms with Crippen molar-refractivity contribution in [3.05, 3.63) is 51.5 Å². The molecule has 0 bridgehead atoms. The number of furan rings is 1. The quantitative estimate of drug-likeness (QED) is 0.452. The third-order valence-corrected chi connectivity index (χ3v) is 4.81. The van der Waals surface area contributed by atoms with E-state index in [9.17, 15) is 4.79 Å². The van der Waals surface area contributed by atoms with Gasteiger partial charge >= 0.3 is 6.09 Å². The van der Waals surface area contributed by atoms with E-state index in [1.807, 2.05) is 38.1 Å². The van der Waals surface area contributed by atoms with Gasteiger partial charge in [0.2, 0.25) is 0 Å². The maximum atomic E-state index is 10.0. The fraction of sp³-hybridized carbons (Fsp3) is 0.308. The summed E-state index contributed by atoms with van der Waals surface area (Å²) in [6, 6.07) is 6.08. The highest BCUT2D eigenvalue weighted by atomic mass is 32.1. The first kappa shape index (κ1) is 25.6. The molecule has 3 rings (SSSR count). The van der Waals surface area contributed by atoms with Crippen LogP contribution in [0, 0.1) is 23.7 Å². The van der Waals surface area contributed by atoms with E-state index < -0.39 is 11.7 Å². The number of hydrogen-bond donors (Lipinski definition) is 2. The summed E-state index contributed by atoms with van der Waals surface area (Å²) >= 11 is 1.72. The first-order valence-electron chi connectivity index (χ1n) is 10.4. The lowest BCUT2D eigenvalue weighted by molar-refractivity contribution is 0.0600. The van der Waals surface area contributed by atoms with Crippen molar-refractivity contribution in [2.75, 3.05) is 5.32 Å². The normalized spacial score (nSPS) is 10.5. The molecule has 0 aliphatic rings. The van der Waals surface area contributed by atoms with Crippen molar-refractivity contribution in [2.24, 2.45) is 5.73 Å². The van der Waals surface area contributed by atoms with Crippen molar-refractivity contribution in [2.45, 2.75) is 53.7 Å². The molecule has 0 unspecified atom stereocenters. The zero-order chi connectivity index (χ0) is 24.4. The number of rotatable bonds is 4. The molecule has 6 nitrogen and oxygen atoms in total. The van der Waals surface area contributed by atoms with E-state index in [-0.39, 0.29) is 0 Å². The zero-order valence-electron chi connectivity index (χ0n) is 19.8. The van der Waals surface area contributed by atoms with E-state index in [0.29, 0.717) is 11.3 Å². The van der Waals surface area contributed by atoms with Crippen molar-refractivity contribution in [3.8, 4) is 23.7 Å². The van der Waals surface area contributed by atoms with E-state index >= 15 is 0 Å². The van der Waals surface area contributed by atoms with Crippen molar-refractivity contribution < 1.29 is 13.9 Å². The number of carbonyl (C=O) groups excluding carboxylic acids is 1. The summed E-state index contributed by atoms with van der Waals surface area (Å²) in [5.41, 5.74) is 8.11. The second kappa shape index (κ2) is 11.8. The molecule has 0 aliphatic heterocycles. The summed E-state index contributed by atoms with van der Waals surface area (Å²) in [5, 5.41) is 5.52. The number of ether oxygens (including phenoxy) is 1. The lowest BCUT2D eigenvalue weighted by Crippen LogP contribution is -2.27. The van der Waals surface area contributed by atoms with E-state index in [1.54, 1.807) is 39.0 Å². The van der Waals surface area contributed by atoms with Gasteiger partial charge in [-0.25, -0.2) is 9.78 Å². The van der Waals surface area contributed by atoms with Gasteiger partial charge in [-0.05, 0) is 71.1 Å². The molecular formula is C26H29N3O3S. The number of nitrogens with zero attached hydrogens (tertiary/aromatic N) is 1. The Bertz CT molecular complexity index is 1240. The summed E-state index contributed by atoms with van der Waals surface area (Å²) in [7, 11) is 0. The largest absolute Gasteiger partial charge is 0.451 e. The lowest BCUT2D eigenvalue weighted by Gasteiger charge is -2.16. The summed E-state index contributed by atoms with van der Waals surface area (Å²) in [5.74, 6) is 12.7. The highest BCUT2D eigenvalue weighted by Gasteiger charge is 2.17. The van der Waals surface area contributed by atoms with Gasteiger partial charge in [0.1, 0.15) is 22.6 Å². The fourth-order valence-electron chi connectivity index (χ4n) is 2.82. The van der Waals surface area contributed by atoms with Crippen LogP contribution in [0.25, 0.3) is 17.2 Å². The SMILES string of the molecule is CC#Cc1cc(NCc2cccs2)c2oc(/C=C\C)c(C#CC)c2n1.CC(C)(C)OC(N)=O. The number of allylic oxidation sites excluding steroid dienone is 1. The van der Waals surface area contributed by atoms with E-state index in [2.05, 4.69) is 50.2 Å². The Morgan fingerprint density at radius 2 is 2.03 bits per heavy atom. The zero-order valence-corrected chi connectivity index (χ0v) is 20.6. The maximum absolute atomic E-state index is 10.0. The first-order chi connectivity index (χ1) is 15.7. The lowest BCUT2D eigenvalue weighted by atomic mass is 10.1. The molecule has 172 valence electrons. The maximum Gasteiger partial charge on any atom is 0.405 e. The van der Waals surface area contributed by atoms with Crippen LogP contribution in [0.1, 0.15) is 63.4 Å². The summed E-state index contributed by atoms with van der Waals surface area (Å²) < 4.78 is 10.6. The van der Waals surface area contributed by atoms with Crippen molar-refractivity contribution in [1.82, 2.24) is 4.98 Å². The van der Waals surface area contributed by atoms with E-state index in [4.69, 9.17) is 10.2 Å². The van der Waals surface area contributed by atoms with Gasteiger partial charge < -0.3 is 20.2 Å². The van der Waals surface area contributed by atoms with E-state index in [1.165, 1.54) is 4.88 Å². The van der Waals surface area contributed by atoms with E-state index in [0.717, 1.165) is 29.1 Å². The van der Waals surface area contributed by atoms with Gasteiger partial charge in [0, 0.05) is 11.4 Å². The molecule has 0 aliphatic carbocycles. The Morgan fingerprint density at radius 1 is 1.30 bits per heavy atom.